The highest BCUT2D eigenvalue weighted by Gasteiger charge is 2.08. The lowest BCUT2D eigenvalue weighted by Crippen LogP contribution is -1.81. The first-order valence-electron chi connectivity index (χ1n) is 7.12. The molecular formula is C20H12S. The number of fused-ring (bicyclic) bond motifs is 7. The van der Waals surface area contributed by atoms with Crippen molar-refractivity contribution >= 4 is 53.7 Å². The molecule has 0 bridgehead atoms. The molecule has 0 aliphatic carbocycles. The normalized spacial score (nSPS) is 11.8. The molecule has 1 aromatic heterocycles. The summed E-state index contributed by atoms with van der Waals surface area (Å²) in [6, 6.07) is 24.4. The standard InChI is InChI=1S/C20H12S/c1-2-4-16-13(3-1)5-6-14-7-10-18-17(19(14)16)9-8-15-11-12-21-20(15)18/h1-12H. The molecule has 0 unspecified atom stereocenters. The number of thiophene rings is 1. The first-order valence-corrected chi connectivity index (χ1v) is 8.00. The van der Waals surface area contributed by atoms with Crippen molar-refractivity contribution in [3.05, 3.63) is 72.1 Å². The molecule has 0 amide bonds. The highest BCUT2D eigenvalue weighted by Crippen LogP contribution is 2.36. The molecule has 0 saturated carbocycles. The van der Waals surface area contributed by atoms with E-state index in [0.717, 1.165) is 0 Å². The quantitative estimate of drug-likeness (QED) is 0.290. The van der Waals surface area contributed by atoms with Crippen LogP contribution in [0.15, 0.2) is 72.1 Å². The zero-order valence-corrected chi connectivity index (χ0v) is 12.2. The van der Waals surface area contributed by atoms with Gasteiger partial charge in [0.05, 0.1) is 0 Å². The van der Waals surface area contributed by atoms with Crippen LogP contribution in [0.25, 0.3) is 42.4 Å². The molecule has 0 saturated heterocycles. The summed E-state index contributed by atoms with van der Waals surface area (Å²) in [5.74, 6) is 0. The van der Waals surface area contributed by atoms with Gasteiger partial charge in [0.2, 0.25) is 0 Å². The average Bonchev–Trinajstić information content (AvgIpc) is 3.03. The minimum absolute atomic E-state index is 1.31. The van der Waals surface area contributed by atoms with Gasteiger partial charge >= 0.3 is 0 Å². The van der Waals surface area contributed by atoms with Gasteiger partial charge in [-0.05, 0) is 43.8 Å². The van der Waals surface area contributed by atoms with Crippen molar-refractivity contribution in [2.45, 2.75) is 0 Å². The van der Waals surface area contributed by atoms with E-state index >= 15 is 0 Å². The minimum atomic E-state index is 1.31. The number of hydrogen-bond acceptors (Lipinski definition) is 1. The summed E-state index contributed by atoms with van der Waals surface area (Å²) >= 11 is 1.83. The molecule has 0 atom stereocenters. The molecule has 0 N–H and O–H groups in total. The first kappa shape index (κ1) is 11.3. The number of benzene rings is 4. The van der Waals surface area contributed by atoms with E-state index in [2.05, 4.69) is 72.1 Å². The lowest BCUT2D eigenvalue weighted by Gasteiger charge is -2.08. The van der Waals surface area contributed by atoms with Crippen LogP contribution in [0.1, 0.15) is 0 Å². The lowest BCUT2D eigenvalue weighted by atomic mass is 9.96. The van der Waals surface area contributed by atoms with Crippen LogP contribution < -0.4 is 0 Å². The summed E-state index contributed by atoms with van der Waals surface area (Å²) in [7, 11) is 0. The predicted octanol–water partition coefficient (Wildman–Crippen LogP) is 6.36. The monoisotopic (exact) mass is 284 g/mol. The summed E-state index contributed by atoms with van der Waals surface area (Å²) in [5.41, 5.74) is 0. The van der Waals surface area contributed by atoms with Gasteiger partial charge < -0.3 is 0 Å². The molecule has 4 aromatic carbocycles. The Labute approximate surface area is 126 Å². The van der Waals surface area contributed by atoms with Crippen molar-refractivity contribution in [1.82, 2.24) is 0 Å². The largest absolute Gasteiger partial charge is 0.143 e. The van der Waals surface area contributed by atoms with Crippen LogP contribution in [-0.2, 0) is 0 Å². The van der Waals surface area contributed by atoms with Crippen LogP contribution in [0.4, 0.5) is 0 Å². The predicted molar refractivity (Wildman–Crippen MR) is 94.3 cm³/mol. The molecule has 0 radical (unpaired) electrons. The van der Waals surface area contributed by atoms with Gasteiger partial charge in [0.25, 0.3) is 0 Å². The molecular weight excluding hydrogens is 272 g/mol. The molecule has 0 nitrogen and oxygen atoms in total. The fourth-order valence-electron chi connectivity index (χ4n) is 3.34. The Morgan fingerprint density at radius 3 is 2.29 bits per heavy atom. The third kappa shape index (κ3) is 1.50. The maximum Gasteiger partial charge on any atom is 0.0421 e. The lowest BCUT2D eigenvalue weighted by molar-refractivity contribution is 1.80. The van der Waals surface area contributed by atoms with E-state index in [-0.39, 0.29) is 0 Å². The Balaban J connectivity index is 2.14. The van der Waals surface area contributed by atoms with Crippen molar-refractivity contribution in [2.75, 3.05) is 0 Å². The molecule has 98 valence electrons. The molecule has 5 aromatic rings. The summed E-state index contributed by atoms with van der Waals surface area (Å²) in [4.78, 5) is 0. The molecule has 1 heteroatoms. The SMILES string of the molecule is c1ccc2c(c1)ccc1ccc3c(ccc4ccsc43)c12. The first-order chi connectivity index (χ1) is 10.4. The van der Waals surface area contributed by atoms with Crippen molar-refractivity contribution in [1.29, 1.82) is 0 Å². The van der Waals surface area contributed by atoms with Crippen LogP contribution in [-0.4, -0.2) is 0 Å². The Kier molecular flexibility index (Phi) is 2.18. The van der Waals surface area contributed by atoms with Crippen LogP contribution in [0.5, 0.6) is 0 Å². The fraction of sp³-hybridized carbons (Fsp3) is 0. The minimum Gasteiger partial charge on any atom is -0.143 e. The van der Waals surface area contributed by atoms with Crippen LogP contribution >= 0.6 is 11.3 Å². The number of hydrogen-bond donors (Lipinski definition) is 0. The molecule has 0 aliphatic heterocycles. The summed E-state index contributed by atoms with van der Waals surface area (Å²) in [5, 5.41) is 11.6. The summed E-state index contributed by atoms with van der Waals surface area (Å²) < 4.78 is 1.39. The van der Waals surface area contributed by atoms with Crippen LogP contribution in [0.3, 0.4) is 0 Å². The van der Waals surface area contributed by atoms with E-state index in [4.69, 9.17) is 0 Å². The second kappa shape index (κ2) is 4.06. The maximum absolute atomic E-state index is 2.28. The highest BCUT2D eigenvalue weighted by atomic mass is 32.1. The average molecular weight is 284 g/mol. The Morgan fingerprint density at radius 2 is 1.29 bits per heavy atom. The van der Waals surface area contributed by atoms with E-state index in [1.165, 1.54) is 42.4 Å². The summed E-state index contributed by atoms with van der Waals surface area (Å²) in [6.07, 6.45) is 0. The van der Waals surface area contributed by atoms with Gasteiger partial charge in [-0.3, -0.25) is 0 Å². The van der Waals surface area contributed by atoms with Gasteiger partial charge in [0.1, 0.15) is 0 Å². The Hall–Kier alpha value is -2.38. The highest BCUT2D eigenvalue weighted by molar-refractivity contribution is 7.18. The Morgan fingerprint density at radius 1 is 0.524 bits per heavy atom. The molecule has 0 fully saturated rings. The third-order valence-electron chi connectivity index (χ3n) is 4.32. The van der Waals surface area contributed by atoms with Gasteiger partial charge in [0, 0.05) is 10.1 Å². The summed E-state index contributed by atoms with van der Waals surface area (Å²) in [6.45, 7) is 0. The van der Waals surface area contributed by atoms with Crippen molar-refractivity contribution < 1.29 is 0 Å². The van der Waals surface area contributed by atoms with Gasteiger partial charge in [0.15, 0.2) is 0 Å². The smallest absolute Gasteiger partial charge is 0.0421 e. The van der Waals surface area contributed by atoms with Gasteiger partial charge in [-0.15, -0.1) is 11.3 Å². The zero-order valence-electron chi connectivity index (χ0n) is 11.3. The van der Waals surface area contributed by atoms with Gasteiger partial charge in [-0.25, -0.2) is 0 Å². The van der Waals surface area contributed by atoms with Crippen LogP contribution in [0.2, 0.25) is 0 Å². The fourth-order valence-corrected chi connectivity index (χ4v) is 4.27. The second-order valence-electron chi connectivity index (χ2n) is 5.45. The Bertz CT molecular complexity index is 1130. The van der Waals surface area contributed by atoms with E-state index in [1.54, 1.807) is 0 Å². The zero-order chi connectivity index (χ0) is 13.8. The van der Waals surface area contributed by atoms with Crippen LogP contribution in [0, 0.1) is 0 Å². The van der Waals surface area contributed by atoms with Crippen molar-refractivity contribution in [3.8, 4) is 0 Å². The van der Waals surface area contributed by atoms with E-state index in [9.17, 15) is 0 Å². The van der Waals surface area contributed by atoms with E-state index < -0.39 is 0 Å². The topological polar surface area (TPSA) is 0 Å². The van der Waals surface area contributed by atoms with Crippen molar-refractivity contribution in [2.24, 2.45) is 0 Å². The third-order valence-corrected chi connectivity index (χ3v) is 5.28. The second-order valence-corrected chi connectivity index (χ2v) is 6.37. The molecule has 21 heavy (non-hydrogen) atoms. The molecule has 5 rings (SSSR count). The van der Waals surface area contributed by atoms with Gasteiger partial charge in [-0.2, -0.15) is 0 Å². The molecule has 0 aliphatic rings. The maximum atomic E-state index is 2.28. The van der Waals surface area contributed by atoms with E-state index in [1.807, 2.05) is 11.3 Å². The van der Waals surface area contributed by atoms with E-state index in [0.29, 0.717) is 0 Å². The molecule has 1 heterocycles. The van der Waals surface area contributed by atoms with Gasteiger partial charge in [-0.1, -0.05) is 60.7 Å². The van der Waals surface area contributed by atoms with Crippen molar-refractivity contribution in [3.63, 3.8) is 0 Å². The molecule has 0 spiro atoms. The number of rotatable bonds is 0.